The van der Waals surface area contributed by atoms with Crippen molar-refractivity contribution in [2.24, 2.45) is 0 Å². The Bertz CT molecular complexity index is 1130. The highest BCUT2D eigenvalue weighted by atomic mass is 16.6. The van der Waals surface area contributed by atoms with E-state index in [1.165, 1.54) is 0 Å². The van der Waals surface area contributed by atoms with Gasteiger partial charge in [-0.25, -0.2) is 0 Å². The number of anilines is 2. The molecule has 2 heterocycles. The Kier molecular flexibility index (Phi) is 11.4. The summed E-state index contributed by atoms with van der Waals surface area (Å²) in [6, 6.07) is 10.8. The fourth-order valence-corrected chi connectivity index (χ4v) is 7.27. The van der Waals surface area contributed by atoms with Crippen molar-refractivity contribution in [3.8, 4) is 0 Å². The average Bonchev–Trinajstić information content (AvgIpc) is 3.01. The Morgan fingerprint density at radius 2 is 1.00 bits per heavy atom. The van der Waals surface area contributed by atoms with Crippen molar-refractivity contribution in [3.63, 3.8) is 0 Å². The maximum absolute atomic E-state index is 14.2. The lowest BCUT2D eigenvalue weighted by atomic mass is 9.97. The van der Waals surface area contributed by atoms with Gasteiger partial charge in [-0.15, -0.1) is 0 Å². The maximum atomic E-state index is 14.2. The van der Waals surface area contributed by atoms with Crippen LogP contribution < -0.4 is 10.6 Å². The van der Waals surface area contributed by atoms with Crippen LogP contribution in [0.1, 0.15) is 94.9 Å². The monoisotopic (exact) mass is 592 g/mol. The highest BCUT2D eigenvalue weighted by Gasteiger charge is 2.41. The van der Waals surface area contributed by atoms with Crippen LogP contribution in [0.2, 0.25) is 0 Å². The molecule has 0 aliphatic carbocycles. The lowest BCUT2D eigenvalue weighted by molar-refractivity contribution is -0.919. The number of aryl methyl sites for hydroxylation is 4. The van der Waals surface area contributed by atoms with Crippen LogP contribution in [0.4, 0.5) is 11.4 Å². The van der Waals surface area contributed by atoms with Crippen molar-refractivity contribution in [1.82, 2.24) is 0 Å². The molecule has 0 bridgehead atoms. The van der Waals surface area contributed by atoms with Crippen molar-refractivity contribution < 1.29 is 18.9 Å². The van der Waals surface area contributed by atoms with E-state index in [2.05, 4.69) is 38.3 Å². The summed E-state index contributed by atoms with van der Waals surface area (Å²) < 4.78 is -1.19. The second kappa shape index (κ2) is 14.8. The number of hydrogen-bond acceptors (Lipinski definition) is 4. The summed E-state index contributed by atoms with van der Waals surface area (Å²) in [5.74, 6) is -0.430. The van der Waals surface area contributed by atoms with Gasteiger partial charge in [-0.1, -0.05) is 64.1 Å². The molecule has 0 spiro atoms. The normalized spacial score (nSPS) is 25.7. The number of rotatable bonds is 12. The van der Waals surface area contributed by atoms with Gasteiger partial charge in [0.25, 0.3) is 11.8 Å². The van der Waals surface area contributed by atoms with Gasteiger partial charge in [0.15, 0.2) is 12.1 Å². The van der Waals surface area contributed by atoms with E-state index in [-0.39, 0.29) is 24.9 Å². The smallest absolute Gasteiger partial charge is 0.283 e. The molecule has 0 aromatic heterocycles. The van der Waals surface area contributed by atoms with E-state index in [1.807, 2.05) is 36.4 Å². The van der Waals surface area contributed by atoms with E-state index in [9.17, 15) is 20.0 Å². The van der Waals surface area contributed by atoms with Gasteiger partial charge in [0, 0.05) is 30.6 Å². The average molecular weight is 593 g/mol. The summed E-state index contributed by atoms with van der Waals surface area (Å²) in [6.07, 6.45) is 7.92. The van der Waals surface area contributed by atoms with Crippen LogP contribution in [-0.2, 0) is 35.3 Å². The highest BCUT2D eigenvalue weighted by Crippen LogP contribution is 2.32. The molecular formula is C35H52N4O4. The number of likely N-dealkylation sites (tertiary alicyclic amines) is 2. The molecular weight excluding hydrogens is 540 g/mol. The van der Waals surface area contributed by atoms with Gasteiger partial charge in [-0.3, -0.25) is 9.59 Å². The molecule has 0 saturated carbocycles. The van der Waals surface area contributed by atoms with E-state index in [0.29, 0.717) is 32.4 Å². The minimum atomic E-state index is -0.693. The summed E-state index contributed by atoms with van der Waals surface area (Å²) in [4.78, 5) is 27.2. The van der Waals surface area contributed by atoms with Crippen LogP contribution in [0.3, 0.4) is 0 Å². The fourth-order valence-electron chi connectivity index (χ4n) is 7.27. The highest BCUT2D eigenvalue weighted by molar-refractivity contribution is 5.96. The molecule has 236 valence electrons. The molecule has 0 radical (unpaired) electrons. The molecule has 2 aromatic carbocycles. The number of amides is 2. The van der Waals surface area contributed by atoms with Gasteiger partial charge >= 0.3 is 0 Å². The Morgan fingerprint density at radius 1 is 0.651 bits per heavy atom. The van der Waals surface area contributed by atoms with E-state index < -0.39 is 21.4 Å². The Labute approximate surface area is 258 Å². The molecule has 0 unspecified atom stereocenters. The number of carbonyl (C=O) groups is 2. The molecule has 2 N–H and O–H groups in total. The first-order valence-electron chi connectivity index (χ1n) is 16.7. The Morgan fingerprint density at radius 3 is 1.33 bits per heavy atom. The summed E-state index contributed by atoms with van der Waals surface area (Å²) in [7, 11) is 0. The van der Waals surface area contributed by atoms with Gasteiger partial charge in [-0.05, 0) is 73.6 Å². The predicted molar refractivity (Wildman–Crippen MR) is 174 cm³/mol. The third-order valence-corrected chi connectivity index (χ3v) is 9.84. The number of para-hydroxylation sites is 2. The quantitative estimate of drug-likeness (QED) is 0.213. The van der Waals surface area contributed by atoms with Crippen LogP contribution in [0, 0.1) is 10.4 Å². The van der Waals surface area contributed by atoms with Crippen LogP contribution in [0.25, 0.3) is 0 Å². The topological polar surface area (TPSA) is 104 Å². The molecule has 2 aliphatic heterocycles. The number of hydroxylamine groups is 6. The van der Waals surface area contributed by atoms with E-state index in [0.717, 1.165) is 85.0 Å². The van der Waals surface area contributed by atoms with Crippen LogP contribution in [0.5, 0.6) is 0 Å². The number of hydrogen-bond donors (Lipinski definition) is 2. The number of quaternary nitrogens is 2. The standard InChI is InChI=1S/C35H52N4O4/c1-5-26-16-13-17-27(6-2)32(26)36-34(40)30-20-9-11-22-38(30,42)24-15-25-39(43)23-12-10-21-31(39)35(41)37-33-28(7-3)18-14-19-29(33)8-4/h13-14,16-19,30-31H,5-12,15,20-25H2,1-4H3,(H,36,40)(H,37,41)/t30-,31-,38+,39+/m0/s1. The second-order valence-corrected chi connectivity index (χ2v) is 12.5. The zero-order valence-corrected chi connectivity index (χ0v) is 26.8. The van der Waals surface area contributed by atoms with Crippen LogP contribution >= 0.6 is 0 Å². The van der Waals surface area contributed by atoms with Crippen molar-refractivity contribution in [1.29, 1.82) is 0 Å². The van der Waals surface area contributed by atoms with Crippen molar-refractivity contribution in [2.75, 3.05) is 36.8 Å². The summed E-state index contributed by atoms with van der Waals surface area (Å²) in [5, 5.41) is 34.7. The van der Waals surface area contributed by atoms with Crippen molar-refractivity contribution in [3.05, 3.63) is 69.1 Å². The molecule has 2 aliphatic rings. The van der Waals surface area contributed by atoms with Gasteiger partial charge < -0.3 is 30.3 Å². The molecule has 2 aromatic rings. The molecule has 2 amide bonds. The van der Waals surface area contributed by atoms with E-state index in [1.54, 1.807) is 0 Å². The molecule has 4 atom stereocenters. The van der Waals surface area contributed by atoms with Crippen molar-refractivity contribution >= 4 is 23.2 Å². The molecule has 2 fully saturated rings. The van der Waals surface area contributed by atoms with Gasteiger partial charge in [0.05, 0.1) is 26.2 Å². The van der Waals surface area contributed by atoms with Crippen molar-refractivity contribution in [2.45, 2.75) is 110 Å². The van der Waals surface area contributed by atoms with Crippen LogP contribution in [-0.4, -0.2) is 59.4 Å². The lowest BCUT2D eigenvalue weighted by Crippen LogP contribution is -2.61. The number of piperidine rings is 2. The molecule has 43 heavy (non-hydrogen) atoms. The van der Waals surface area contributed by atoms with Gasteiger partial charge in [0.1, 0.15) is 0 Å². The molecule has 2 saturated heterocycles. The minimum Gasteiger partial charge on any atom is -0.632 e. The minimum absolute atomic E-state index is 0.212. The maximum Gasteiger partial charge on any atom is 0.283 e. The first-order valence-corrected chi connectivity index (χ1v) is 16.7. The number of nitrogens with zero attached hydrogens (tertiary/aromatic N) is 2. The first-order chi connectivity index (χ1) is 20.7. The van der Waals surface area contributed by atoms with E-state index >= 15 is 0 Å². The van der Waals surface area contributed by atoms with E-state index in [4.69, 9.17) is 0 Å². The fraction of sp³-hybridized carbons (Fsp3) is 0.600. The molecule has 8 heteroatoms. The predicted octanol–water partition coefficient (Wildman–Crippen LogP) is 6.64. The number of nitrogens with one attached hydrogen (secondary N) is 2. The van der Waals surface area contributed by atoms with Gasteiger partial charge in [-0.2, -0.15) is 0 Å². The number of carbonyl (C=O) groups excluding carboxylic acids is 2. The zero-order valence-electron chi connectivity index (χ0n) is 26.8. The SMILES string of the molecule is CCc1cccc(CC)c1NC(=O)[C@@H]1CCCC[N@@+]1([O-])CCC[N@+]1([O-])CCCC[C@H]1C(=O)Nc1c(CC)cccc1CC. The third kappa shape index (κ3) is 7.48. The largest absolute Gasteiger partial charge is 0.632 e. The Hall–Kier alpha value is -2.78. The number of benzene rings is 2. The third-order valence-electron chi connectivity index (χ3n) is 9.84. The molecule has 8 nitrogen and oxygen atoms in total. The molecule has 4 rings (SSSR count). The lowest BCUT2D eigenvalue weighted by Gasteiger charge is -2.53. The van der Waals surface area contributed by atoms with Crippen LogP contribution in [0.15, 0.2) is 36.4 Å². The summed E-state index contributed by atoms with van der Waals surface area (Å²) >= 11 is 0. The summed E-state index contributed by atoms with van der Waals surface area (Å²) in [6.45, 7) is 9.46. The first kappa shape index (κ1) is 33.1. The Balaban J connectivity index is 1.45. The summed E-state index contributed by atoms with van der Waals surface area (Å²) in [5.41, 5.74) is 5.99. The second-order valence-electron chi connectivity index (χ2n) is 12.5. The zero-order chi connectivity index (χ0) is 31.0. The van der Waals surface area contributed by atoms with Gasteiger partial charge in [0.2, 0.25) is 0 Å².